The molecule has 4 nitrogen and oxygen atoms in total. The Kier molecular flexibility index (Phi) is 2.97. The highest BCUT2D eigenvalue weighted by atomic mass is 15.3. The molecule has 0 bridgehead atoms. The molecule has 0 spiro atoms. The minimum absolute atomic E-state index is 0.689. The van der Waals surface area contributed by atoms with Gasteiger partial charge in [-0.25, -0.2) is 4.68 Å². The van der Waals surface area contributed by atoms with Gasteiger partial charge in [-0.15, -0.1) is 0 Å². The molecule has 1 saturated carbocycles. The molecule has 1 aliphatic carbocycles. The van der Waals surface area contributed by atoms with Gasteiger partial charge in [-0.1, -0.05) is 18.2 Å². The summed E-state index contributed by atoms with van der Waals surface area (Å²) >= 11 is 0. The number of para-hydroxylation sites is 1. The molecule has 0 radical (unpaired) electrons. The van der Waals surface area contributed by atoms with Gasteiger partial charge in [-0.2, -0.15) is 5.10 Å². The molecule has 0 aliphatic heterocycles. The second kappa shape index (κ2) is 4.97. The Balaban J connectivity index is 1.81. The molecular formula is C17H18N4. The summed E-state index contributed by atoms with van der Waals surface area (Å²) in [6.07, 6.45) is 4.59. The van der Waals surface area contributed by atoms with E-state index in [0.717, 1.165) is 34.5 Å². The van der Waals surface area contributed by atoms with Crippen LogP contribution in [0.15, 0.2) is 42.6 Å². The fourth-order valence-electron chi connectivity index (χ4n) is 2.58. The zero-order chi connectivity index (χ0) is 14.2. The maximum absolute atomic E-state index is 4.76. The largest absolute Gasteiger partial charge is 0.308 e. The standard InChI is InChI=1S/C17H18N4/c1-12-8-9-21(20-12)17-10-14(11-18-13-6-7-13)19-16-5-3-2-4-15(16)17/h2-5,8-10,13,18H,6-7,11H2,1H3. The molecule has 0 atom stereocenters. The fraction of sp³-hybridized carbons (Fsp3) is 0.294. The Labute approximate surface area is 123 Å². The third-order valence-electron chi connectivity index (χ3n) is 3.87. The number of aryl methyl sites for hydroxylation is 1. The van der Waals surface area contributed by atoms with Gasteiger partial charge in [0.15, 0.2) is 0 Å². The number of hydrogen-bond acceptors (Lipinski definition) is 3. The molecule has 21 heavy (non-hydrogen) atoms. The Morgan fingerprint density at radius 1 is 1.24 bits per heavy atom. The number of aromatic nitrogens is 3. The summed E-state index contributed by atoms with van der Waals surface area (Å²) in [4.78, 5) is 4.76. The first-order chi connectivity index (χ1) is 10.3. The Morgan fingerprint density at radius 2 is 2.10 bits per heavy atom. The van der Waals surface area contributed by atoms with E-state index in [4.69, 9.17) is 4.98 Å². The first-order valence-corrected chi connectivity index (χ1v) is 7.44. The number of benzene rings is 1. The Hall–Kier alpha value is -2.20. The van der Waals surface area contributed by atoms with E-state index in [1.807, 2.05) is 36.0 Å². The molecule has 106 valence electrons. The van der Waals surface area contributed by atoms with Gasteiger partial charge in [0.2, 0.25) is 0 Å². The summed E-state index contributed by atoms with van der Waals surface area (Å²) < 4.78 is 1.94. The average Bonchev–Trinajstić information content (AvgIpc) is 3.24. The van der Waals surface area contributed by atoms with E-state index in [0.29, 0.717) is 6.04 Å². The van der Waals surface area contributed by atoms with Crippen molar-refractivity contribution in [2.24, 2.45) is 0 Å². The summed E-state index contributed by atoms with van der Waals surface area (Å²) in [6.45, 7) is 2.83. The van der Waals surface area contributed by atoms with Gasteiger partial charge in [-0.3, -0.25) is 4.98 Å². The molecule has 1 N–H and O–H groups in total. The van der Waals surface area contributed by atoms with Gasteiger partial charge in [0, 0.05) is 24.2 Å². The van der Waals surface area contributed by atoms with Crippen molar-refractivity contribution in [3.05, 3.63) is 54.0 Å². The lowest BCUT2D eigenvalue weighted by Gasteiger charge is -2.10. The monoisotopic (exact) mass is 278 g/mol. The first-order valence-electron chi connectivity index (χ1n) is 7.44. The van der Waals surface area contributed by atoms with Crippen LogP contribution in [0.25, 0.3) is 16.6 Å². The number of pyridine rings is 1. The minimum Gasteiger partial charge on any atom is -0.308 e. The first kappa shape index (κ1) is 12.5. The van der Waals surface area contributed by atoms with Crippen molar-refractivity contribution in [1.82, 2.24) is 20.1 Å². The van der Waals surface area contributed by atoms with Crippen LogP contribution in [0.5, 0.6) is 0 Å². The minimum atomic E-state index is 0.689. The van der Waals surface area contributed by atoms with Crippen molar-refractivity contribution in [2.75, 3.05) is 0 Å². The van der Waals surface area contributed by atoms with Crippen LogP contribution in [0.4, 0.5) is 0 Å². The molecule has 1 fully saturated rings. The summed E-state index contributed by atoms with van der Waals surface area (Å²) in [5.74, 6) is 0. The van der Waals surface area contributed by atoms with Crippen molar-refractivity contribution in [3.63, 3.8) is 0 Å². The van der Waals surface area contributed by atoms with Crippen LogP contribution in [-0.2, 0) is 6.54 Å². The molecule has 0 amide bonds. The number of rotatable bonds is 4. The van der Waals surface area contributed by atoms with Crippen LogP contribution in [0.2, 0.25) is 0 Å². The SMILES string of the molecule is Cc1ccn(-c2cc(CNC3CC3)nc3ccccc23)n1. The lowest BCUT2D eigenvalue weighted by Crippen LogP contribution is -2.16. The maximum atomic E-state index is 4.76. The molecule has 2 heterocycles. The van der Waals surface area contributed by atoms with Crippen molar-refractivity contribution >= 4 is 10.9 Å². The second-order valence-electron chi connectivity index (χ2n) is 5.71. The molecule has 2 aromatic heterocycles. The molecule has 4 rings (SSSR count). The number of nitrogens with zero attached hydrogens (tertiary/aromatic N) is 3. The maximum Gasteiger partial charge on any atom is 0.0758 e. The number of nitrogens with one attached hydrogen (secondary N) is 1. The predicted molar refractivity (Wildman–Crippen MR) is 83.5 cm³/mol. The van der Waals surface area contributed by atoms with Gasteiger partial charge >= 0.3 is 0 Å². The molecular weight excluding hydrogens is 260 g/mol. The lowest BCUT2D eigenvalue weighted by molar-refractivity contribution is 0.675. The Bertz CT molecular complexity index is 786. The van der Waals surface area contributed by atoms with E-state index in [1.54, 1.807) is 0 Å². The van der Waals surface area contributed by atoms with Crippen molar-refractivity contribution in [1.29, 1.82) is 0 Å². The van der Waals surface area contributed by atoms with Crippen LogP contribution in [0.3, 0.4) is 0 Å². The number of hydrogen-bond donors (Lipinski definition) is 1. The van der Waals surface area contributed by atoms with Crippen LogP contribution in [0.1, 0.15) is 24.2 Å². The number of fused-ring (bicyclic) bond motifs is 1. The summed E-state index contributed by atoms with van der Waals surface area (Å²) in [7, 11) is 0. The van der Waals surface area contributed by atoms with Gasteiger partial charge in [0.05, 0.1) is 22.6 Å². The summed E-state index contributed by atoms with van der Waals surface area (Å²) in [5, 5.41) is 9.21. The molecule has 0 unspecified atom stereocenters. The zero-order valence-electron chi connectivity index (χ0n) is 12.1. The molecule has 0 saturated heterocycles. The van der Waals surface area contributed by atoms with Gasteiger partial charge < -0.3 is 5.32 Å². The van der Waals surface area contributed by atoms with Crippen LogP contribution in [-0.4, -0.2) is 20.8 Å². The van der Waals surface area contributed by atoms with E-state index in [1.165, 1.54) is 12.8 Å². The highest BCUT2D eigenvalue weighted by Gasteiger charge is 2.20. The highest BCUT2D eigenvalue weighted by Crippen LogP contribution is 2.23. The zero-order valence-corrected chi connectivity index (χ0v) is 12.1. The van der Waals surface area contributed by atoms with E-state index in [-0.39, 0.29) is 0 Å². The van der Waals surface area contributed by atoms with E-state index in [2.05, 4.69) is 28.6 Å². The average molecular weight is 278 g/mol. The highest BCUT2D eigenvalue weighted by molar-refractivity contribution is 5.87. The fourth-order valence-corrected chi connectivity index (χ4v) is 2.58. The lowest BCUT2D eigenvalue weighted by atomic mass is 10.1. The molecule has 1 aliphatic rings. The molecule has 3 aromatic rings. The second-order valence-corrected chi connectivity index (χ2v) is 5.71. The van der Waals surface area contributed by atoms with Crippen LogP contribution >= 0.6 is 0 Å². The third-order valence-corrected chi connectivity index (χ3v) is 3.87. The van der Waals surface area contributed by atoms with E-state index in [9.17, 15) is 0 Å². The van der Waals surface area contributed by atoms with Crippen molar-refractivity contribution in [2.45, 2.75) is 32.4 Å². The normalized spacial score (nSPS) is 14.7. The topological polar surface area (TPSA) is 42.7 Å². The molecule has 1 aromatic carbocycles. The molecule has 4 heteroatoms. The quantitative estimate of drug-likeness (QED) is 0.798. The summed E-state index contributed by atoms with van der Waals surface area (Å²) in [5.41, 5.74) is 4.22. The van der Waals surface area contributed by atoms with E-state index >= 15 is 0 Å². The summed E-state index contributed by atoms with van der Waals surface area (Å²) in [6, 6.07) is 13.1. The third kappa shape index (κ3) is 2.54. The van der Waals surface area contributed by atoms with E-state index < -0.39 is 0 Å². The van der Waals surface area contributed by atoms with Gasteiger partial charge in [0.25, 0.3) is 0 Å². The predicted octanol–water partition coefficient (Wildman–Crippen LogP) is 2.98. The Morgan fingerprint density at radius 3 is 2.86 bits per heavy atom. The smallest absolute Gasteiger partial charge is 0.0758 e. The van der Waals surface area contributed by atoms with Crippen molar-refractivity contribution < 1.29 is 0 Å². The van der Waals surface area contributed by atoms with Crippen molar-refractivity contribution in [3.8, 4) is 5.69 Å². The van der Waals surface area contributed by atoms with Gasteiger partial charge in [-0.05, 0) is 38.0 Å². The van der Waals surface area contributed by atoms with Crippen LogP contribution < -0.4 is 5.32 Å². The van der Waals surface area contributed by atoms with Crippen LogP contribution in [0, 0.1) is 6.92 Å². The van der Waals surface area contributed by atoms with Gasteiger partial charge in [0.1, 0.15) is 0 Å².